The zero-order chi connectivity index (χ0) is 12.7. The molecule has 0 saturated heterocycles. The fourth-order valence-electron chi connectivity index (χ4n) is 1.20. The molecule has 0 spiro atoms. The lowest BCUT2D eigenvalue weighted by Gasteiger charge is -2.00. The van der Waals surface area contributed by atoms with E-state index >= 15 is 0 Å². The Hall–Kier alpha value is -1.88. The van der Waals surface area contributed by atoms with E-state index < -0.39 is 0 Å². The average molecular weight is 249 g/mol. The van der Waals surface area contributed by atoms with Crippen molar-refractivity contribution in [2.75, 3.05) is 7.11 Å². The number of nitrogens with one attached hydrogen (secondary N) is 1. The van der Waals surface area contributed by atoms with Gasteiger partial charge in [-0.3, -0.25) is 5.43 Å². The quantitative estimate of drug-likeness (QED) is 0.486. The molecule has 17 heavy (non-hydrogen) atoms. The summed E-state index contributed by atoms with van der Waals surface area (Å²) in [5.74, 6) is 0.837. The fraction of sp³-hybridized carbons (Fsp3) is 0.167. The van der Waals surface area contributed by atoms with Crippen LogP contribution in [0.25, 0.3) is 6.08 Å². The van der Waals surface area contributed by atoms with E-state index in [9.17, 15) is 0 Å². The zero-order valence-electron chi connectivity index (χ0n) is 9.81. The van der Waals surface area contributed by atoms with Crippen molar-refractivity contribution in [1.82, 2.24) is 5.43 Å². The van der Waals surface area contributed by atoms with Crippen LogP contribution in [0.3, 0.4) is 0 Å². The number of allylic oxidation sites excluding steroid dienone is 1. The summed E-state index contributed by atoms with van der Waals surface area (Å²) in [6, 6.07) is 7.75. The highest BCUT2D eigenvalue weighted by Gasteiger charge is 1.91. The van der Waals surface area contributed by atoms with Crippen LogP contribution in [-0.4, -0.2) is 18.4 Å². The Balaban J connectivity index is 2.66. The van der Waals surface area contributed by atoms with Gasteiger partial charge >= 0.3 is 0 Å². The second kappa shape index (κ2) is 6.65. The molecule has 0 aliphatic carbocycles. The van der Waals surface area contributed by atoms with E-state index in [-0.39, 0.29) is 5.11 Å². The first-order valence-electron chi connectivity index (χ1n) is 5.02. The minimum absolute atomic E-state index is 0.151. The van der Waals surface area contributed by atoms with Crippen molar-refractivity contribution in [3.63, 3.8) is 0 Å². The van der Waals surface area contributed by atoms with Crippen LogP contribution in [0, 0.1) is 0 Å². The Morgan fingerprint density at radius 2 is 2.06 bits per heavy atom. The Labute approximate surface area is 106 Å². The molecule has 5 heteroatoms. The molecule has 0 fully saturated rings. The molecule has 4 nitrogen and oxygen atoms in total. The molecule has 0 aromatic heterocycles. The summed E-state index contributed by atoms with van der Waals surface area (Å²) < 4.78 is 5.08. The van der Waals surface area contributed by atoms with E-state index in [1.165, 1.54) is 0 Å². The molecular weight excluding hydrogens is 234 g/mol. The summed E-state index contributed by atoms with van der Waals surface area (Å²) in [7, 11) is 1.64. The summed E-state index contributed by atoms with van der Waals surface area (Å²) in [5, 5.41) is 4.02. The second-order valence-corrected chi connectivity index (χ2v) is 3.84. The molecule has 0 aliphatic heterocycles. The third-order valence-electron chi connectivity index (χ3n) is 1.95. The van der Waals surface area contributed by atoms with E-state index in [1.54, 1.807) is 13.3 Å². The summed E-state index contributed by atoms with van der Waals surface area (Å²) >= 11 is 4.62. The molecule has 0 heterocycles. The predicted molar refractivity (Wildman–Crippen MR) is 75.1 cm³/mol. The van der Waals surface area contributed by atoms with Crippen molar-refractivity contribution in [3.05, 3.63) is 35.4 Å². The van der Waals surface area contributed by atoms with Gasteiger partial charge in [0.15, 0.2) is 5.11 Å². The molecule has 0 bridgehead atoms. The van der Waals surface area contributed by atoms with E-state index in [4.69, 9.17) is 10.5 Å². The maximum absolute atomic E-state index is 5.24. The summed E-state index contributed by atoms with van der Waals surface area (Å²) in [6.45, 7) is 1.94. The van der Waals surface area contributed by atoms with Crippen LogP contribution in [0.2, 0.25) is 0 Å². The molecule has 0 amide bonds. The zero-order valence-corrected chi connectivity index (χ0v) is 10.6. The maximum Gasteiger partial charge on any atom is 0.184 e. The fourth-order valence-corrected chi connectivity index (χ4v) is 1.25. The summed E-state index contributed by atoms with van der Waals surface area (Å²) in [4.78, 5) is 0. The number of thiocarbonyl (C=S) groups is 1. The molecule has 1 aromatic rings. The molecule has 0 unspecified atom stereocenters. The number of hydrazone groups is 1. The largest absolute Gasteiger partial charge is 0.497 e. The molecule has 3 N–H and O–H groups in total. The van der Waals surface area contributed by atoms with Gasteiger partial charge in [0, 0.05) is 0 Å². The number of benzene rings is 1. The summed E-state index contributed by atoms with van der Waals surface area (Å²) in [6.07, 6.45) is 3.65. The standard InChI is InChI=1S/C12H15N3OS/c1-9(8-14-15-12(13)17)7-10-3-5-11(16-2)6-4-10/h3-8H,1-2H3,(H3,13,15,17)/b9-7-,14-8-. The lowest BCUT2D eigenvalue weighted by molar-refractivity contribution is 0.415. The van der Waals surface area contributed by atoms with Gasteiger partial charge in [-0.1, -0.05) is 18.2 Å². The Bertz CT molecular complexity index is 438. The highest BCUT2D eigenvalue weighted by Crippen LogP contribution is 2.13. The average Bonchev–Trinajstić information content (AvgIpc) is 2.29. The van der Waals surface area contributed by atoms with Crippen molar-refractivity contribution in [2.24, 2.45) is 10.8 Å². The number of rotatable bonds is 4. The van der Waals surface area contributed by atoms with Gasteiger partial charge in [0.2, 0.25) is 0 Å². The molecule has 0 saturated carbocycles. The highest BCUT2D eigenvalue weighted by molar-refractivity contribution is 7.80. The van der Waals surface area contributed by atoms with Crippen molar-refractivity contribution in [2.45, 2.75) is 6.92 Å². The molecule has 1 rings (SSSR count). The first kappa shape index (κ1) is 13.2. The van der Waals surface area contributed by atoms with Crippen molar-refractivity contribution in [3.8, 4) is 5.75 Å². The van der Waals surface area contributed by atoms with Gasteiger partial charge < -0.3 is 10.5 Å². The van der Waals surface area contributed by atoms with Crippen LogP contribution >= 0.6 is 12.2 Å². The lowest BCUT2D eigenvalue weighted by atomic mass is 10.1. The molecule has 90 valence electrons. The van der Waals surface area contributed by atoms with E-state index in [1.807, 2.05) is 37.3 Å². The van der Waals surface area contributed by atoms with Gasteiger partial charge in [-0.05, 0) is 42.4 Å². The molecular formula is C12H15N3OS. The van der Waals surface area contributed by atoms with Crippen molar-refractivity contribution >= 4 is 29.6 Å². The summed E-state index contributed by atoms with van der Waals surface area (Å²) in [5.41, 5.74) is 9.79. The van der Waals surface area contributed by atoms with Gasteiger partial charge in [0.1, 0.15) is 5.75 Å². The monoisotopic (exact) mass is 249 g/mol. The number of hydrogen-bond donors (Lipinski definition) is 2. The first-order valence-corrected chi connectivity index (χ1v) is 5.43. The minimum atomic E-state index is 0.151. The predicted octanol–water partition coefficient (Wildman–Crippen LogP) is 1.92. The smallest absolute Gasteiger partial charge is 0.184 e. The number of ether oxygens (including phenoxy) is 1. The lowest BCUT2D eigenvalue weighted by Crippen LogP contribution is -2.23. The van der Waals surface area contributed by atoms with Crippen LogP contribution in [0.1, 0.15) is 12.5 Å². The molecule has 1 aromatic carbocycles. The minimum Gasteiger partial charge on any atom is -0.497 e. The first-order chi connectivity index (χ1) is 8.11. The van der Waals surface area contributed by atoms with E-state index in [2.05, 4.69) is 22.7 Å². The number of nitrogens with zero attached hydrogens (tertiary/aromatic N) is 1. The van der Waals surface area contributed by atoms with Crippen LogP contribution < -0.4 is 15.9 Å². The van der Waals surface area contributed by atoms with Gasteiger partial charge in [0.05, 0.1) is 13.3 Å². The number of nitrogens with two attached hydrogens (primary N) is 1. The SMILES string of the molecule is COc1ccc(/C=C(C)\C=N/NC(N)=S)cc1. The maximum atomic E-state index is 5.24. The van der Waals surface area contributed by atoms with Gasteiger partial charge in [-0.25, -0.2) is 0 Å². The van der Waals surface area contributed by atoms with Crippen molar-refractivity contribution < 1.29 is 4.74 Å². The van der Waals surface area contributed by atoms with E-state index in [0.717, 1.165) is 16.9 Å². The van der Waals surface area contributed by atoms with Gasteiger partial charge in [-0.15, -0.1) is 0 Å². The Morgan fingerprint density at radius 1 is 1.41 bits per heavy atom. The van der Waals surface area contributed by atoms with Gasteiger partial charge in [0.25, 0.3) is 0 Å². The molecule has 0 atom stereocenters. The highest BCUT2D eigenvalue weighted by atomic mass is 32.1. The third kappa shape index (κ3) is 5.12. The topological polar surface area (TPSA) is 59.6 Å². The van der Waals surface area contributed by atoms with E-state index in [0.29, 0.717) is 0 Å². The number of hydrogen-bond acceptors (Lipinski definition) is 3. The van der Waals surface area contributed by atoms with Crippen LogP contribution in [0.15, 0.2) is 34.9 Å². The van der Waals surface area contributed by atoms with Gasteiger partial charge in [-0.2, -0.15) is 5.10 Å². The van der Waals surface area contributed by atoms with Crippen LogP contribution in [0.4, 0.5) is 0 Å². The molecule has 0 radical (unpaired) electrons. The van der Waals surface area contributed by atoms with Crippen LogP contribution in [0.5, 0.6) is 5.75 Å². The molecule has 0 aliphatic rings. The second-order valence-electron chi connectivity index (χ2n) is 3.40. The third-order valence-corrected chi connectivity index (χ3v) is 2.04. The van der Waals surface area contributed by atoms with Crippen LogP contribution in [-0.2, 0) is 0 Å². The Kier molecular flexibility index (Phi) is 5.16. The van der Waals surface area contributed by atoms with Crippen molar-refractivity contribution in [1.29, 1.82) is 0 Å². The number of methoxy groups -OCH3 is 1. The normalized spacial score (nSPS) is 11.5. The Morgan fingerprint density at radius 3 is 2.59 bits per heavy atom.